The van der Waals surface area contributed by atoms with E-state index in [1.807, 2.05) is 6.07 Å². The molecule has 2 heteroatoms. The van der Waals surface area contributed by atoms with Gasteiger partial charge in [0.1, 0.15) is 5.82 Å². The molecule has 0 aliphatic carbocycles. The molecule has 0 fully saturated rings. The molecule has 0 spiro atoms. The fourth-order valence-corrected chi connectivity index (χ4v) is 1.58. The van der Waals surface area contributed by atoms with E-state index >= 15 is 0 Å². The van der Waals surface area contributed by atoms with Gasteiger partial charge in [-0.2, -0.15) is 0 Å². The summed E-state index contributed by atoms with van der Waals surface area (Å²) in [6, 6.07) is 6.74. The molecule has 0 bridgehead atoms. The van der Waals surface area contributed by atoms with Crippen LogP contribution in [0.25, 0.3) is 0 Å². The van der Waals surface area contributed by atoms with Crippen LogP contribution in [0.1, 0.15) is 30.6 Å². The number of hydrogen-bond donors (Lipinski definition) is 0. The summed E-state index contributed by atoms with van der Waals surface area (Å²) in [4.78, 5) is 0. The maximum absolute atomic E-state index is 13.1. The molecule has 1 unspecified atom stereocenters. The molecule has 12 heavy (non-hydrogen) atoms. The summed E-state index contributed by atoms with van der Waals surface area (Å²) in [6.07, 6.45) is 1.87. The van der Waals surface area contributed by atoms with Crippen molar-refractivity contribution in [2.45, 2.75) is 25.0 Å². The van der Waals surface area contributed by atoms with Gasteiger partial charge in [-0.3, -0.25) is 0 Å². The van der Waals surface area contributed by atoms with Crippen molar-refractivity contribution < 1.29 is 4.39 Å². The third-order valence-electron chi connectivity index (χ3n) is 1.80. The van der Waals surface area contributed by atoms with Crippen molar-refractivity contribution in [3.05, 3.63) is 35.6 Å². The van der Waals surface area contributed by atoms with E-state index in [1.165, 1.54) is 6.07 Å². The van der Waals surface area contributed by atoms with E-state index < -0.39 is 0 Å². The Morgan fingerprint density at radius 2 is 2.08 bits per heavy atom. The summed E-state index contributed by atoms with van der Waals surface area (Å²) in [6.45, 7) is 2.06. The van der Waals surface area contributed by atoms with Crippen LogP contribution in [0.5, 0.6) is 0 Å². The minimum atomic E-state index is -0.175. The molecule has 0 nitrogen and oxygen atoms in total. The van der Waals surface area contributed by atoms with Crippen molar-refractivity contribution in [2.75, 3.05) is 0 Å². The molecule has 0 amide bonds. The van der Waals surface area contributed by atoms with Crippen molar-refractivity contribution in [3.8, 4) is 0 Å². The largest absolute Gasteiger partial charge is 0.207 e. The van der Waals surface area contributed by atoms with Crippen molar-refractivity contribution in [3.63, 3.8) is 0 Å². The van der Waals surface area contributed by atoms with E-state index in [-0.39, 0.29) is 11.1 Å². The van der Waals surface area contributed by atoms with E-state index in [9.17, 15) is 4.39 Å². The van der Waals surface area contributed by atoms with Crippen LogP contribution in [-0.4, -0.2) is 0 Å². The molecular formula is C10H12FS. The lowest BCUT2D eigenvalue weighted by atomic mass is 10.1. The molecule has 65 valence electrons. The van der Waals surface area contributed by atoms with Crippen LogP contribution in [0.15, 0.2) is 24.3 Å². The van der Waals surface area contributed by atoms with Gasteiger partial charge in [0.2, 0.25) is 0 Å². The van der Waals surface area contributed by atoms with Crippen LogP contribution < -0.4 is 0 Å². The first-order chi connectivity index (χ1) is 5.75. The Balaban J connectivity index is 2.79. The maximum atomic E-state index is 13.1. The average molecular weight is 183 g/mol. The highest BCUT2D eigenvalue weighted by molar-refractivity contribution is 7.80. The predicted molar refractivity (Wildman–Crippen MR) is 51.6 cm³/mol. The van der Waals surface area contributed by atoms with Crippen molar-refractivity contribution in [1.82, 2.24) is 0 Å². The molecule has 0 saturated heterocycles. The highest BCUT2D eigenvalue weighted by Crippen LogP contribution is 2.26. The number of halogens is 1. The van der Waals surface area contributed by atoms with Crippen molar-refractivity contribution in [2.24, 2.45) is 0 Å². The second-order valence-electron chi connectivity index (χ2n) is 2.80. The van der Waals surface area contributed by atoms with Gasteiger partial charge < -0.3 is 0 Å². The lowest BCUT2D eigenvalue weighted by Crippen LogP contribution is -1.93. The van der Waals surface area contributed by atoms with Crippen LogP contribution in [-0.2, 0) is 0 Å². The number of rotatable bonds is 3. The quantitative estimate of drug-likeness (QED) is 0.667. The van der Waals surface area contributed by atoms with Gasteiger partial charge in [-0.15, -0.1) is 0 Å². The Kier molecular flexibility index (Phi) is 3.60. The fourth-order valence-electron chi connectivity index (χ4n) is 1.15. The van der Waals surface area contributed by atoms with Gasteiger partial charge in [-0.05, 0) is 12.5 Å². The molecule has 1 aromatic carbocycles. The zero-order chi connectivity index (χ0) is 8.97. The lowest BCUT2D eigenvalue weighted by Gasteiger charge is -2.08. The van der Waals surface area contributed by atoms with Crippen LogP contribution in [0.2, 0.25) is 0 Å². The standard InChI is InChI=1S/C10H12FS/c1-2-5-10(12)8-6-3-4-7-9(8)11/h3-4,6-7,10H,2,5H2,1H3. The monoisotopic (exact) mass is 183 g/mol. The molecule has 0 N–H and O–H groups in total. The van der Waals surface area contributed by atoms with Gasteiger partial charge in [-0.25, -0.2) is 4.39 Å². The van der Waals surface area contributed by atoms with E-state index in [0.29, 0.717) is 5.56 Å². The summed E-state index contributed by atoms with van der Waals surface area (Å²) >= 11 is 5.15. The van der Waals surface area contributed by atoms with Crippen LogP contribution in [0.3, 0.4) is 0 Å². The van der Waals surface area contributed by atoms with Gasteiger partial charge >= 0.3 is 0 Å². The normalized spacial score (nSPS) is 12.9. The van der Waals surface area contributed by atoms with E-state index in [4.69, 9.17) is 12.6 Å². The molecule has 0 saturated carbocycles. The van der Waals surface area contributed by atoms with Crippen LogP contribution in [0.4, 0.5) is 4.39 Å². The fraction of sp³-hybridized carbons (Fsp3) is 0.400. The van der Waals surface area contributed by atoms with Gasteiger partial charge in [-0.1, -0.05) is 44.2 Å². The lowest BCUT2D eigenvalue weighted by molar-refractivity contribution is 0.601. The minimum absolute atomic E-state index is 0.0730. The molecular weight excluding hydrogens is 171 g/mol. The van der Waals surface area contributed by atoms with Crippen molar-refractivity contribution in [1.29, 1.82) is 0 Å². The molecule has 1 radical (unpaired) electrons. The Labute approximate surface area is 78.2 Å². The number of hydrogen-bond acceptors (Lipinski definition) is 0. The Morgan fingerprint density at radius 3 is 2.67 bits per heavy atom. The summed E-state index contributed by atoms with van der Waals surface area (Å²) in [5.41, 5.74) is 0.661. The predicted octanol–water partition coefficient (Wildman–Crippen LogP) is 3.86. The number of benzene rings is 1. The first-order valence-corrected chi connectivity index (χ1v) is 4.63. The maximum Gasteiger partial charge on any atom is 0.127 e. The second-order valence-corrected chi connectivity index (χ2v) is 3.37. The van der Waals surface area contributed by atoms with E-state index in [1.54, 1.807) is 12.1 Å². The van der Waals surface area contributed by atoms with Crippen LogP contribution in [0, 0.1) is 5.82 Å². The average Bonchev–Trinajstić information content (AvgIpc) is 2.05. The zero-order valence-corrected chi connectivity index (χ0v) is 7.90. The first-order valence-electron chi connectivity index (χ1n) is 4.16. The molecule has 0 aliphatic heterocycles. The highest BCUT2D eigenvalue weighted by Gasteiger charge is 2.09. The van der Waals surface area contributed by atoms with Gasteiger partial charge in [0.15, 0.2) is 0 Å². The van der Waals surface area contributed by atoms with Gasteiger partial charge in [0.05, 0.1) is 0 Å². The second kappa shape index (κ2) is 4.51. The molecule has 1 atom stereocenters. The van der Waals surface area contributed by atoms with Gasteiger partial charge in [0.25, 0.3) is 0 Å². The summed E-state index contributed by atoms with van der Waals surface area (Å²) in [5.74, 6) is -0.175. The molecule has 1 aromatic rings. The highest BCUT2D eigenvalue weighted by atomic mass is 32.1. The third kappa shape index (κ3) is 2.24. The zero-order valence-electron chi connectivity index (χ0n) is 7.09. The summed E-state index contributed by atoms with van der Waals surface area (Å²) in [5, 5.41) is -0.0730. The topological polar surface area (TPSA) is 0 Å². The molecule has 0 aliphatic rings. The van der Waals surface area contributed by atoms with E-state index in [2.05, 4.69) is 6.92 Å². The Morgan fingerprint density at radius 1 is 1.42 bits per heavy atom. The third-order valence-corrected chi connectivity index (χ3v) is 2.29. The minimum Gasteiger partial charge on any atom is -0.207 e. The summed E-state index contributed by atoms with van der Waals surface area (Å²) in [7, 11) is 0. The smallest absolute Gasteiger partial charge is 0.127 e. The molecule has 1 rings (SSSR count). The van der Waals surface area contributed by atoms with Crippen LogP contribution >= 0.6 is 12.6 Å². The molecule has 0 aromatic heterocycles. The van der Waals surface area contributed by atoms with Gasteiger partial charge in [0, 0.05) is 10.8 Å². The first kappa shape index (κ1) is 9.59. The SMILES string of the molecule is CCCC([S])c1ccccc1F. The van der Waals surface area contributed by atoms with Crippen molar-refractivity contribution >= 4 is 12.6 Å². The Hall–Kier alpha value is -0.500. The molecule has 0 heterocycles. The summed E-state index contributed by atoms with van der Waals surface area (Å²) < 4.78 is 13.1. The Bertz CT molecular complexity index is 247. The van der Waals surface area contributed by atoms with E-state index in [0.717, 1.165) is 12.8 Å².